The number of nitrogens with one attached hydrogen (secondary N) is 3. The van der Waals surface area contributed by atoms with Gasteiger partial charge in [0.15, 0.2) is 5.96 Å². The number of nitrogens with zero attached hydrogens (tertiary/aromatic N) is 1. The molecular formula is C14H29IN4O. The second-order valence-electron chi connectivity index (χ2n) is 5.10. The molecule has 20 heavy (non-hydrogen) atoms. The molecule has 0 aromatic carbocycles. The molecule has 3 N–H and O–H groups in total. The number of aliphatic imine (C=N–C) groups is 1. The molecule has 0 atom stereocenters. The molecule has 5 nitrogen and oxygen atoms in total. The van der Waals surface area contributed by atoms with E-state index in [1.807, 2.05) is 6.92 Å². The lowest BCUT2D eigenvalue weighted by Gasteiger charge is -2.16. The molecule has 0 unspecified atom stereocenters. The second kappa shape index (κ2) is 11.2. The van der Waals surface area contributed by atoms with Crippen LogP contribution in [0.3, 0.4) is 0 Å². The molecule has 1 rings (SSSR count). The lowest BCUT2D eigenvalue weighted by atomic mass is 10.0. The van der Waals surface area contributed by atoms with E-state index >= 15 is 0 Å². The van der Waals surface area contributed by atoms with Gasteiger partial charge in [0.2, 0.25) is 5.91 Å². The third-order valence-electron chi connectivity index (χ3n) is 3.38. The van der Waals surface area contributed by atoms with Crippen LogP contribution in [0.4, 0.5) is 0 Å². The summed E-state index contributed by atoms with van der Waals surface area (Å²) < 4.78 is 0. The third kappa shape index (κ3) is 8.60. The van der Waals surface area contributed by atoms with Crippen LogP contribution in [0.1, 0.15) is 46.5 Å². The fourth-order valence-corrected chi connectivity index (χ4v) is 1.81. The Kier molecular flexibility index (Phi) is 10.9. The first kappa shape index (κ1) is 19.5. The van der Waals surface area contributed by atoms with E-state index in [-0.39, 0.29) is 36.4 Å². The van der Waals surface area contributed by atoms with E-state index in [1.54, 1.807) is 0 Å². The Labute approximate surface area is 139 Å². The van der Waals surface area contributed by atoms with Gasteiger partial charge in [-0.1, -0.05) is 26.7 Å². The maximum atomic E-state index is 11.6. The minimum absolute atomic E-state index is 0. The Bertz CT molecular complexity index is 302. The summed E-state index contributed by atoms with van der Waals surface area (Å²) in [7, 11) is 0. The molecule has 0 radical (unpaired) electrons. The summed E-state index contributed by atoms with van der Waals surface area (Å²) in [5, 5.41) is 9.41. The molecule has 1 aliphatic carbocycles. The zero-order valence-electron chi connectivity index (χ0n) is 12.9. The molecule has 1 aliphatic rings. The number of halogens is 1. The van der Waals surface area contributed by atoms with Crippen molar-refractivity contribution in [3.8, 4) is 0 Å². The Morgan fingerprint density at radius 1 is 1.20 bits per heavy atom. The van der Waals surface area contributed by atoms with E-state index in [0.29, 0.717) is 12.0 Å². The van der Waals surface area contributed by atoms with Crippen molar-refractivity contribution in [3.05, 3.63) is 0 Å². The highest BCUT2D eigenvalue weighted by Gasteiger charge is 2.22. The lowest BCUT2D eigenvalue weighted by molar-refractivity contribution is -0.119. The average Bonchev–Trinajstić information content (AvgIpc) is 3.20. The topological polar surface area (TPSA) is 65.5 Å². The normalized spacial score (nSPS) is 14.7. The fraction of sp³-hybridized carbons (Fsp3) is 0.857. The number of carbonyl (C=O) groups excluding carboxylic acids is 1. The number of hydrogen-bond acceptors (Lipinski definition) is 2. The summed E-state index contributed by atoms with van der Waals surface area (Å²) in [6.45, 7) is 8.33. The van der Waals surface area contributed by atoms with Crippen LogP contribution in [0.25, 0.3) is 0 Å². The standard InChI is InChI=1S/C14H28N4O.HI/c1-4-11(5-2)9-16-14(15-6-3)17-10-13(19)18-12-7-8-12;/h11-12H,4-10H2,1-3H3,(H,18,19)(H2,15,16,17);1H. The maximum absolute atomic E-state index is 11.6. The van der Waals surface area contributed by atoms with Crippen molar-refractivity contribution in [2.45, 2.75) is 52.5 Å². The minimum atomic E-state index is 0. The highest BCUT2D eigenvalue weighted by Crippen LogP contribution is 2.18. The summed E-state index contributed by atoms with van der Waals surface area (Å²) >= 11 is 0. The smallest absolute Gasteiger partial charge is 0.242 e. The van der Waals surface area contributed by atoms with E-state index < -0.39 is 0 Å². The Hall–Kier alpha value is -0.530. The van der Waals surface area contributed by atoms with Gasteiger partial charge in [-0.2, -0.15) is 0 Å². The molecule has 0 spiro atoms. The summed E-state index contributed by atoms with van der Waals surface area (Å²) in [6.07, 6.45) is 4.54. The van der Waals surface area contributed by atoms with Crippen molar-refractivity contribution in [3.63, 3.8) is 0 Å². The predicted molar refractivity (Wildman–Crippen MR) is 94.6 cm³/mol. The number of hydrogen-bond donors (Lipinski definition) is 3. The van der Waals surface area contributed by atoms with Crippen molar-refractivity contribution in [2.75, 3.05) is 19.6 Å². The molecule has 0 aromatic heterocycles. The quantitative estimate of drug-likeness (QED) is 0.334. The van der Waals surface area contributed by atoms with Crippen LogP contribution >= 0.6 is 24.0 Å². The third-order valence-corrected chi connectivity index (χ3v) is 3.38. The largest absolute Gasteiger partial charge is 0.357 e. The minimum Gasteiger partial charge on any atom is -0.357 e. The summed E-state index contributed by atoms with van der Waals surface area (Å²) in [4.78, 5) is 15.9. The first-order valence-electron chi connectivity index (χ1n) is 7.51. The maximum Gasteiger partial charge on any atom is 0.242 e. The molecule has 0 bridgehead atoms. The number of rotatable bonds is 8. The van der Waals surface area contributed by atoms with Gasteiger partial charge in [-0.3, -0.25) is 4.79 Å². The molecule has 1 fully saturated rings. The monoisotopic (exact) mass is 396 g/mol. The molecule has 0 aromatic rings. The second-order valence-corrected chi connectivity index (χ2v) is 5.10. The van der Waals surface area contributed by atoms with Crippen molar-refractivity contribution < 1.29 is 4.79 Å². The van der Waals surface area contributed by atoms with Gasteiger partial charge in [-0.25, -0.2) is 4.99 Å². The molecule has 6 heteroatoms. The van der Waals surface area contributed by atoms with Crippen molar-refractivity contribution in [1.29, 1.82) is 0 Å². The van der Waals surface area contributed by atoms with Crippen molar-refractivity contribution in [2.24, 2.45) is 10.9 Å². The Balaban J connectivity index is 0.00000361. The van der Waals surface area contributed by atoms with Gasteiger partial charge in [-0.15, -0.1) is 24.0 Å². The molecule has 1 amide bonds. The highest BCUT2D eigenvalue weighted by molar-refractivity contribution is 14.0. The van der Waals surface area contributed by atoms with Crippen molar-refractivity contribution >= 4 is 35.8 Å². The molecule has 0 heterocycles. The van der Waals surface area contributed by atoms with Crippen LogP contribution in [-0.2, 0) is 4.79 Å². The van der Waals surface area contributed by atoms with Gasteiger partial charge in [-0.05, 0) is 25.7 Å². The van der Waals surface area contributed by atoms with Gasteiger partial charge in [0, 0.05) is 19.1 Å². The lowest BCUT2D eigenvalue weighted by Crippen LogP contribution is -2.40. The average molecular weight is 396 g/mol. The van der Waals surface area contributed by atoms with Gasteiger partial charge < -0.3 is 16.0 Å². The van der Waals surface area contributed by atoms with Gasteiger partial charge in [0.1, 0.15) is 6.54 Å². The van der Waals surface area contributed by atoms with Crippen molar-refractivity contribution in [1.82, 2.24) is 16.0 Å². The van der Waals surface area contributed by atoms with Crippen LogP contribution in [0.5, 0.6) is 0 Å². The SMILES string of the molecule is CCNC(=NCC(=O)NC1CC1)NCC(CC)CC.I. The molecule has 118 valence electrons. The summed E-state index contributed by atoms with van der Waals surface area (Å²) in [5.41, 5.74) is 0. The van der Waals surface area contributed by atoms with Crippen LogP contribution < -0.4 is 16.0 Å². The Morgan fingerprint density at radius 3 is 2.35 bits per heavy atom. The van der Waals surface area contributed by atoms with Crippen LogP contribution in [0, 0.1) is 5.92 Å². The van der Waals surface area contributed by atoms with E-state index in [4.69, 9.17) is 0 Å². The fourth-order valence-electron chi connectivity index (χ4n) is 1.81. The van der Waals surface area contributed by atoms with E-state index in [9.17, 15) is 4.79 Å². The highest BCUT2D eigenvalue weighted by atomic mass is 127. The zero-order valence-corrected chi connectivity index (χ0v) is 15.2. The van der Waals surface area contributed by atoms with E-state index in [0.717, 1.165) is 44.7 Å². The number of amides is 1. The van der Waals surface area contributed by atoms with Gasteiger partial charge in [0.05, 0.1) is 0 Å². The first-order chi connectivity index (χ1) is 9.19. The van der Waals surface area contributed by atoms with Gasteiger partial charge >= 0.3 is 0 Å². The molecule has 0 saturated heterocycles. The van der Waals surface area contributed by atoms with Crippen LogP contribution in [0.2, 0.25) is 0 Å². The van der Waals surface area contributed by atoms with E-state index in [2.05, 4.69) is 34.8 Å². The van der Waals surface area contributed by atoms with Crippen LogP contribution in [0.15, 0.2) is 4.99 Å². The van der Waals surface area contributed by atoms with Gasteiger partial charge in [0.25, 0.3) is 0 Å². The van der Waals surface area contributed by atoms with Crippen LogP contribution in [-0.4, -0.2) is 37.5 Å². The first-order valence-corrected chi connectivity index (χ1v) is 7.51. The summed E-state index contributed by atoms with van der Waals surface area (Å²) in [6, 6.07) is 0.405. The number of guanidine groups is 1. The Morgan fingerprint density at radius 2 is 1.85 bits per heavy atom. The van der Waals surface area contributed by atoms with E-state index in [1.165, 1.54) is 0 Å². The molecular weight excluding hydrogens is 367 g/mol. The molecule has 0 aliphatic heterocycles. The number of carbonyl (C=O) groups is 1. The molecule has 1 saturated carbocycles. The predicted octanol–water partition coefficient (Wildman–Crippen LogP) is 1.87. The summed E-state index contributed by atoms with van der Waals surface area (Å²) in [5.74, 6) is 1.41. The zero-order chi connectivity index (χ0) is 14.1.